The Morgan fingerprint density at radius 2 is 1.29 bits per heavy atom. The van der Waals surface area contributed by atoms with Crippen LogP contribution in [0, 0.1) is 20.2 Å². The summed E-state index contributed by atoms with van der Waals surface area (Å²) in [5.41, 5.74) is 3.31. The lowest BCUT2D eigenvalue weighted by Gasteiger charge is -2.24. The van der Waals surface area contributed by atoms with Crippen molar-refractivity contribution in [2.45, 2.75) is 52.4 Å². The van der Waals surface area contributed by atoms with E-state index in [0.717, 1.165) is 11.3 Å². The smallest absolute Gasteiger partial charge is 0.415 e. The van der Waals surface area contributed by atoms with Crippen LogP contribution in [0.3, 0.4) is 0 Å². The number of hydrogen-bond acceptors (Lipinski definition) is 13. The molecule has 0 aliphatic heterocycles. The number of carbonyl (C=O) groups is 1. The third kappa shape index (κ3) is 11.5. The Bertz CT molecular complexity index is 1760. The predicted molar refractivity (Wildman–Crippen MR) is 181 cm³/mol. The van der Waals surface area contributed by atoms with E-state index in [1.807, 2.05) is 6.07 Å². The van der Waals surface area contributed by atoms with Gasteiger partial charge < -0.3 is 19.5 Å². The molecule has 0 fully saturated rings. The van der Waals surface area contributed by atoms with Gasteiger partial charge in [-0.1, -0.05) is 24.3 Å². The summed E-state index contributed by atoms with van der Waals surface area (Å²) in [4.78, 5) is 51.7. The maximum Gasteiger partial charge on any atom is 0.415 e. The summed E-state index contributed by atoms with van der Waals surface area (Å²) >= 11 is 0. The fourth-order valence-corrected chi connectivity index (χ4v) is 4.48. The minimum Gasteiger partial charge on any atom is -0.443 e. The molecule has 0 bridgehead atoms. The topological polar surface area (TPSA) is 198 Å². The Kier molecular flexibility index (Phi) is 13.5. The molecule has 1 N–H and O–H groups in total. The standard InChI is InChI=1S/C19H24N4O5.C14H16N4O3/c1-19(2,3)28-18(24)22(4)17-10-15(20-12-21-17)9-14-7-6-13(11-27-5)8-16(14)23(25)26;1-15-14-7-12(16-9-17-14)6-11-4-3-10(8-21-2)5-13(11)18(19)20/h6-8,10,12H,9,11H2,1-5H3;3-5,7,9H,6,8H2,1-2H3,(H,15,16,17). The number of amides is 1. The molecule has 260 valence electrons. The van der Waals surface area contributed by atoms with Crippen molar-refractivity contribution in [2.24, 2.45) is 0 Å². The Labute approximate surface area is 283 Å². The van der Waals surface area contributed by atoms with Gasteiger partial charge in [0.25, 0.3) is 11.4 Å². The molecule has 0 radical (unpaired) electrons. The molecule has 4 rings (SSSR count). The highest BCUT2D eigenvalue weighted by Gasteiger charge is 2.22. The molecule has 1 amide bonds. The molecule has 0 atom stereocenters. The normalized spacial score (nSPS) is 10.8. The third-order valence-corrected chi connectivity index (χ3v) is 6.76. The van der Waals surface area contributed by atoms with Gasteiger partial charge in [-0.2, -0.15) is 0 Å². The maximum atomic E-state index is 12.2. The highest BCUT2D eigenvalue weighted by Crippen LogP contribution is 2.25. The van der Waals surface area contributed by atoms with E-state index in [-0.39, 0.29) is 22.7 Å². The molecule has 49 heavy (non-hydrogen) atoms. The lowest BCUT2D eigenvalue weighted by atomic mass is 10.0. The Balaban J connectivity index is 0.000000276. The highest BCUT2D eigenvalue weighted by molar-refractivity contribution is 5.86. The van der Waals surface area contributed by atoms with Gasteiger partial charge in [0.15, 0.2) is 0 Å². The minimum absolute atomic E-state index is 0.00444. The summed E-state index contributed by atoms with van der Waals surface area (Å²) < 4.78 is 15.4. The molecule has 0 aliphatic carbocycles. The van der Waals surface area contributed by atoms with Crippen molar-refractivity contribution in [3.63, 3.8) is 0 Å². The molecule has 0 saturated heterocycles. The highest BCUT2D eigenvalue weighted by atomic mass is 16.6. The first-order chi connectivity index (χ1) is 23.2. The van der Waals surface area contributed by atoms with Crippen molar-refractivity contribution in [2.75, 3.05) is 38.5 Å². The van der Waals surface area contributed by atoms with Gasteiger partial charge in [0.1, 0.15) is 29.9 Å². The number of nitro benzene ring substituents is 2. The van der Waals surface area contributed by atoms with E-state index in [0.29, 0.717) is 53.7 Å². The van der Waals surface area contributed by atoms with Crippen molar-refractivity contribution in [3.8, 4) is 0 Å². The maximum absolute atomic E-state index is 12.2. The summed E-state index contributed by atoms with van der Waals surface area (Å²) in [6.07, 6.45) is 2.80. The molecule has 0 spiro atoms. The summed E-state index contributed by atoms with van der Waals surface area (Å²) in [5.74, 6) is 1.02. The monoisotopic (exact) mass is 676 g/mol. The van der Waals surface area contributed by atoms with E-state index in [1.54, 1.807) is 78.4 Å². The first-order valence-electron chi connectivity index (χ1n) is 15.0. The molecule has 2 heterocycles. The van der Waals surface area contributed by atoms with E-state index in [9.17, 15) is 25.0 Å². The van der Waals surface area contributed by atoms with E-state index in [1.165, 1.54) is 30.7 Å². The first kappa shape index (κ1) is 37.8. The second-order valence-electron chi connectivity index (χ2n) is 11.7. The van der Waals surface area contributed by atoms with Gasteiger partial charge in [0.2, 0.25) is 0 Å². The van der Waals surface area contributed by atoms with Crippen LogP contribution in [-0.2, 0) is 40.3 Å². The molecule has 0 aliphatic rings. The number of benzene rings is 2. The fraction of sp³-hybridized carbons (Fsp3) is 0.364. The average molecular weight is 677 g/mol. The van der Waals surface area contributed by atoms with Gasteiger partial charge in [-0.15, -0.1) is 0 Å². The summed E-state index contributed by atoms with van der Waals surface area (Å²) in [6.45, 7) is 5.96. The zero-order chi connectivity index (χ0) is 36.1. The fourth-order valence-electron chi connectivity index (χ4n) is 4.48. The average Bonchev–Trinajstić information content (AvgIpc) is 3.05. The minimum atomic E-state index is -0.633. The van der Waals surface area contributed by atoms with Crippen LogP contribution in [0.25, 0.3) is 0 Å². The van der Waals surface area contributed by atoms with Crippen LogP contribution in [-0.4, -0.2) is 69.8 Å². The van der Waals surface area contributed by atoms with Gasteiger partial charge in [0.05, 0.1) is 34.4 Å². The number of ether oxygens (including phenoxy) is 3. The van der Waals surface area contributed by atoms with E-state index < -0.39 is 16.6 Å². The number of aromatic nitrogens is 4. The zero-order valence-electron chi connectivity index (χ0n) is 28.5. The SMILES string of the molecule is CNc1cc(Cc2ccc(COC)cc2[N+](=O)[O-])ncn1.COCc1ccc(Cc2cc(N(C)C(=O)OC(C)(C)C)ncn2)c([N+](=O)[O-])c1. The van der Waals surface area contributed by atoms with Crippen LogP contribution in [0.2, 0.25) is 0 Å². The van der Waals surface area contributed by atoms with Crippen LogP contribution in [0.4, 0.5) is 27.8 Å². The number of hydrogen-bond donors (Lipinski definition) is 1. The number of nitrogens with zero attached hydrogens (tertiary/aromatic N) is 7. The third-order valence-electron chi connectivity index (χ3n) is 6.76. The molecule has 0 unspecified atom stereocenters. The van der Waals surface area contributed by atoms with Crippen molar-refractivity contribution in [3.05, 3.63) is 115 Å². The molecule has 2 aromatic carbocycles. The second-order valence-corrected chi connectivity index (χ2v) is 11.7. The number of nitrogens with one attached hydrogen (secondary N) is 1. The van der Waals surface area contributed by atoms with Crippen molar-refractivity contribution >= 4 is 29.1 Å². The van der Waals surface area contributed by atoms with E-state index in [4.69, 9.17) is 14.2 Å². The Morgan fingerprint density at radius 1 is 0.796 bits per heavy atom. The van der Waals surface area contributed by atoms with Crippen LogP contribution < -0.4 is 10.2 Å². The quantitative estimate of drug-likeness (QED) is 0.143. The van der Waals surface area contributed by atoms with Gasteiger partial charge in [-0.25, -0.2) is 24.7 Å². The Morgan fingerprint density at radius 3 is 1.73 bits per heavy atom. The van der Waals surface area contributed by atoms with Crippen LogP contribution in [0.1, 0.15) is 54.4 Å². The second kappa shape index (κ2) is 17.5. The summed E-state index contributed by atoms with van der Waals surface area (Å²) in [5, 5.41) is 25.6. The van der Waals surface area contributed by atoms with Gasteiger partial charge in [0, 0.05) is 76.5 Å². The first-order valence-corrected chi connectivity index (χ1v) is 15.0. The summed E-state index contributed by atoms with van der Waals surface area (Å²) in [6, 6.07) is 13.4. The van der Waals surface area contributed by atoms with Gasteiger partial charge >= 0.3 is 6.09 Å². The number of rotatable bonds is 12. The van der Waals surface area contributed by atoms with Gasteiger partial charge in [-0.05, 0) is 31.9 Å². The number of carbonyl (C=O) groups excluding carboxylic acids is 1. The van der Waals surface area contributed by atoms with E-state index >= 15 is 0 Å². The van der Waals surface area contributed by atoms with Crippen LogP contribution in [0.5, 0.6) is 0 Å². The molecule has 16 nitrogen and oxygen atoms in total. The number of anilines is 2. The predicted octanol–water partition coefficient (Wildman–Crippen LogP) is 5.66. The van der Waals surface area contributed by atoms with Gasteiger partial charge in [-0.3, -0.25) is 25.1 Å². The summed E-state index contributed by atoms with van der Waals surface area (Å²) in [7, 11) is 6.39. The molecule has 2 aromatic heterocycles. The van der Waals surface area contributed by atoms with Crippen molar-refractivity contribution in [1.29, 1.82) is 0 Å². The zero-order valence-corrected chi connectivity index (χ0v) is 28.5. The Hall–Kier alpha value is -5.61. The molecule has 4 aromatic rings. The number of methoxy groups -OCH3 is 2. The van der Waals surface area contributed by atoms with Crippen molar-refractivity contribution in [1.82, 2.24) is 19.9 Å². The molecule has 0 saturated carbocycles. The van der Waals surface area contributed by atoms with E-state index in [2.05, 4.69) is 25.3 Å². The molecular weight excluding hydrogens is 636 g/mol. The van der Waals surface area contributed by atoms with Crippen molar-refractivity contribution < 1.29 is 28.9 Å². The largest absolute Gasteiger partial charge is 0.443 e. The lowest BCUT2D eigenvalue weighted by molar-refractivity contribution is -0.385. The lowest BCUT2D eigenvalue weighted by Crippen LogP contribution is -2.34. The van der Waals surface area contributed by atoms with Crippen LogP contribution in [0.15, 0.2) is 61.2 Å². The number of nitro groups is 2. The van der Waals surface area contributed by atoms with Crippen LogP contribution >= 0.6 is 0 Å². The molecule has 16 heteroatoms. The molecular formula is C33H40N8O8.